The first-order chi connectivity index (χ1) is 9.79. The van der Waals surface area contributed by atoms with Gasteiger partial charge in [0.1, 0.15) is 5.69 Å². The number of fused-ring (bicyclic) bond motifs is 4. The Morgan fingerprint density at radius 1 is 1.35 bits per heavy atom. The van der Waals surface area contributed by atoms with Crippen molar-refractivity contribution in [2.75, 3.05) is 31.5 Å². The number of hydrogen-bond acceptors (Lipinski definition) is 4. The lowest BCUT2D eigenvalue weighted by atomic mass is 9.84. The molecule has 6 heteroatoms. The quantitative estimate of drug-likeness (QED) is 0.826. The predicted octanol–water partition coefficient (Wildman–Crippen LogP) is 0.523. The van der Waals surface area contributed by atoms with Gasteiger partial charge in [0.15, 0.2) is 0 Å². The molecule has 3 fully saturated rings. The average molecular weight is 275 g/mol. The smallest absolute Gasteiger partial charge is 0.271 e. The summed E-state index contributed by atoms with van der Waals surface area (Å²) in [4.78, 5) is 19.2. The van der Waals surface area contributed by atoms with Crippen LogP contribution in [0.2, 0.25) is 0 Å². The first-order valence-corrected chi connectivity index (χ1v) is 7.64. The van der Waals surface area contributed by atoms with Gasteiger partial charge in [-0.25, -0.2) is 4.98 Å². The fraction of sp³-hybridized carbons (Fsp3) is 0.714. The summed E-state index contributed by atoms with van der Waals surface area (Å²) in [5, 5.41) is 6.42. The van der Waals surface area contributed by atoms with Crippen LogP contribution in [0, 0.1) is 5.92 Å². The Kier molecular flexibility index (Phi) is 2.91. The number of anilines is 1. The highest BCUT2D eigenvalue weighted by molar-refractivity contribution is 5.92. The third kappa shape index (κ3) is 2.08. The number of hydrogen-bond donors (Lipinski definition) is 2. The predicted molar refractivity (Wildman–Crippen MR) is 75.8 cm³/mol. The third-order valence-corrected chi connectivity index (χ3v) is 4.84. The minimum absolute atomic E-state index is 0.0209. The number of imidazole rings is 1. The summed E-state index contributed by atoms with van der Waals surface area (Å²) in [5.41, 5.74) is 0.547. The van der Waals surface area contributed by atoms with Gasteiger partial charge in [0.25, 0.3) is 5.91 Å². The standard InChI is InChI=1S/C14H21N5O/c20-13(12-9-19-5-1-4-15-14(19)17-12)16-11-8-18-6-2-10(11)3-7-18/h9-11H,1-8H2,(H,15,17)(H,16,20). The van der Waals surface area contributed by atoms with Crippen LogP contribution in [0.25, 0.3) is 0 Å². The van der Waals surface area contributed by atoms with Gasteiger partial charge in [-0.1, -0.05) is 0 Å². The molecular weight excluding hydrogens is 254 g/mol. The highest BCUT2D eigenvalue weighted by atomic mass is 16.2. The van der Waals surface area contributed by atoms with Crippen LogP contribution >= 0.6 is 0 Å². The average Bonchev–Trinajstić information content (AvgIpc) is 2.92. The van der Waals surface area contributed by atoms with Crippen molar-refractivity contribution in [1.29, 1.82) is 0 Å². The van der Waals surface area contributed by atoms with Crippen molar-refractivity contribution in [3.8, 4) is 0 Å². The van der Waals surface area contributed by atoms with Crippen molar-refractivity contribution < 1.29 is 4.79 Å². The Morgan fingerprint density at radius 2 is 2.20 bits per heavy atom. The number of nitrogens with zero attached hydrogens (tertiary/aromatic N) is 3. The Balaban J connectivity index is 1.46. The van der Waals surface area contributed by atoms with Gasteiger partial charge >= 0.3 is 0 Å². The minimum Gasteiger partial charge on any atom is -0.356 e. The number of piperidine rings is 3. The van der Waals surface area contributed by atoms with Gasteiger partial charge in [0, 0.05) is 31.9 Å². The van der Waals surface area contributed by atoms with Crippen molar-refractivity contribution in [3.63, 3.8) is 0 Å². The zero-order valence-corrected chi connectivity index (χ0v) is 11.6. The van der Waals surface area contributed by atoms with Crippen molar-refractivity contribution in [2.24, 2.45) is 5.92 Å². The van der Waals surface area contributed by atoms with Gasteiger partial charge in [0.2, 0.25) is 5.95 Å². The molecule has 4 aliphatic rings. The number of aryl methyl sites for hydroxylation is 1. The van der Waals surface area contributed by atoms with Gasteiger partial charge in [-0.15, -0.1) is 0 Å². The van der Waals surface area contributed by atoms with E-state index in [4.69, 9.17) is 0 Å². The summed E-state index contributed by atoms with van der Waals surface area (Å²) in [5.74, 6) is 1.46. The number of amides is 1. The Bertz CT molecular complexity index is 494. The fourth-order valence-corrected chi connectivity index (χ4v) is 3.66. The monoisotopic (exact) mass is 275 g/mol. The van der Waals surface area contributed by atoms with Crippen LogP contribution in [0.4, 0.5) is 5.95 Å². The lowest BCUT2D eigenvalue weighted by molar-refractivity contribution is 0.0618. The summed E-state index contributed by atoms with van der Waals surface area (Å²) in [7, 11) is 0. The fourth-order valence-electron chi connectivity index (χ4n) is 3.66. The topological polar surface area (TPSA) is 62.2 Å². The van der Waals surface area contributed by atoms with Gasteiger partial charge in [0.05, 0.1) is 0 Å². The third-order valence-electron chi connectivity index (χ3n) is 4.84. The van der Waals surface area contributed by atoms with Gasteiger partial charge in [-0.2, -0.15) is 0 Å². The second kappa shape index (κ2) is 4.77. The summed E-state index contributed by atoms with van der Waals surface area (Å²) in [6, 6.07) is 0.302. The van der Waals surface area contributed by atoms with Crippen molar-refractivity contribution in [2.45, 2.75) is 31.8 Å². The maximum Gasteiger partial charge on any atom is 0.271 e. The molecule has 2 bridgehead atoms. The molecule has 0 spiro atoms. The molecule has 0 radical (unpaired) electrons. The van der Waals surface area contributed by atoms with Crippen molar-refractivity contribution in [1.82, 2.24) is 19.8 Å². The van der Waals surface area contributed by atoms with Gasteiger partial charge in [-0.05, 0) is 38.3 Å². The largest absolute Gasteiger partial charge is 0.356 e. The molecule has 1 aromatic heterocycles. The second-order valence-corrected chi connectivity index (χ2v) is 6.14. The van der Waals surface area contributed by atoms with Crippen LogP contribution < -0.4 is 10.6 Å². The lowest BCUT2D eigenvalue weighted by Gasteiger charge is -2.44. The zero-order chi connectivity index (χ0) is 13.5. The van der Waals surface area contributed by atoms with E-state index in [-0.39, 0.29) is 5.91 Å². The zero-order valence-electron chi connectivity index (χ0n) is 11.6. The van der Waals surface area contributed by atoms with E-state index in [0.29, 0.717) is 17.7 Å². The van der Waals surface area contributed by atoms with E-state index in [1.54, 1.807) is 0 Å². The molecule has 1 aromatic rings. The molecule has 3 saturated heterocycles. The van der Waals surface area contributed by atoms with Gasteiger partial charge in [-0.3, -0.25) is 4.79 Å². The van der Waals surface area contributed by atoms with E-state index in [0.717, 1.165) is 32.0 Å². The van der Waals surface area contributed by atoms with Crippen LogP contribution in [-0.4, -0.2) is 52.6 Å². The highest BCUT2D eigenvalue weighted by Gasteiger charge is 2.35. The lowest BCUT2D eigenvalue weighted by Crippen LogP contribution is -2.57. The molecule has 2 N–H and O–H groups in total. The van der Waals surface area contributed by atoms with Crippen LogP contribution in [0.1, 0.15) is 29.8 Å². The Morgan fingerprint density at radius 3 is 2.90 bits per heavy atom. The second-order valence-electron chi connectivity index (χ2n) is 6.14. The van der Waals surface area contributed by atoms with Crippen molar-refractivity contribution >= 4 is 11.9 Å². The molecule has 20 heavy (non-hydrogen) atoms. The van der Waals surface area contributed by atoms with E-state index in [1.807, 2.05) is 10.8 Å². The molecule has 1 unspecified atom stereocenters. The van der Waals surface area contributed by atoms with Crippen LogP contribution in [0.5, 0.6) is 0 Å². The van der Waals surface area contributed by atoms with E-state index >= 15 is 0 Å². The molecule has 0 aliphatic carbocycles. The molecule has 0 aromatic carbocycles. The SMILES string of the molecule is O=C(NC1CN2CCC1CC2)c1cn2c(n1)NCCC2. The van der Waals surface area contributed by atoms with E-state index in [1.165, 1.54) is 25.9 Å². The van der Waals surface area contributed by atoms with E-state index in [2.05, 4.69) is 20.5 Å². The highest BCUT2D eigenvalue weighted by Crippen LogP contribution is 2.27. The Labute approximate surface area is 118 Å². The number of nitrogens with one attached hydrogen (secondary N) is 2. The molecule has 1 amide bonds. The number of rotatable bonds is 2. The first kappa shape index (κ1) is 12.2. The van der Waals surface area contributed by atoms with Crippen LogP contribution in [0.3, 0.4) is 0 Å². The molecule has 6 nitrogen and oxygen atoms in total. The molecule has 5 heterocycles. The summed E-state index contributed by atoms with van der Waals surface area (Å²) >= 11 is 0. The molecule has 1 atom stereocenters. The van der Waals surface area contributed by atoms with Gasteiger partial charge < -0.3 is 20.1 Å². The maximum absolute atomic E-state index is 12.4. The van der Waals surface area contributed by atoms with Crippen LogP contribution in [0.15, 0.2) is 6.20 Å². The number of aromatic nitrogens is 2. The normalized spacial score (nSPS) is 31.5. The molecule has 0 saturated carbocycles. The maximum atomic E-state index is 12.4. The number of carbonyl (C=O) groups excluding carboxylic acids is 1. The summed E-state index contributed by atoms with van der Waals surface area (Å²) < 4.78 is 2.04. The number of carbonyl (C=O) groups is 1. The Hall–Kier alpha value is -1.56. The van der Waals surface area contributed by atoms with Crippen LogP contribution in [-0.2, 0) is 6.54 Å². The molecule has 4 aliphatic heterocycles. The van der Waals surface area contributed by atoms with E-state index < -0.39 is 0 Å². The molecular formula is C14H21N5O. The van der Waals surface area contributed by atoms with Crippen molar-refractivity contribution in [3.05, 3.63) is 11.9 Å². The minimum atomic E-state index is -0.0209. The summed E-state index contributed by atoms with van der Waals surface area (Å²) in [6.45, 7) is 5.28. The molecule has 108 valence electrons. The first-order valence-electron chi connectivity index (χ1n) is 7.64. The van der Waals surface area contributed by atoms with E-state index in [9.17, 15) is 4.79 Å². The summed E-state index contributed by atoms with van der Waals surface area (Å²) in [6.07, 6.45) is 5.39. The molecule has 5 rings (SSSR count).